The number of fused-ring (bicyclic) bond motifs is 1. The Morgan fingerprint density at radius 1 is 0.400 bits per heavy atom. The summed E-state index contributed by atoms with van der Waals surface area (Å²) in [6.07, 6.45) is 2.49. The van der Waals surface area contributed by atoms with Crippen LogP contribution < -0.4 is 15.9 Å². The van der Waals surface area contributed by atoms with Gasteiger partial charge in [0.15, 0.2) is 0 Å². The van der Waals surface area contributed by atoms with Gasteiger partial charge < -0.3 is 0 Å². The van der Waals surface area contributed by atoms with Gasteiger partial charge in [0.05, 0.1) is 0 Å². The molecule has 0 atom stereocenters. The topological polar surface area (TPSA) is 0 Å². The number of hydrogen-bond acceptors (Lipinski definition) is 0. The Morgan fingerprint density at radius 2 is 0.800 bits per heavy atom. The molecule has 5 aromatic carbocycles. The summed E-state index contributed by atoms with van der Waals surface area (Å²) in [5.74, 6) is 0. The summed E-state index contributed by atoms with van der Waals surface area (Å²) in [6, 6.07) is 53.7. The van der Waals surface area contributed by atoms with Crippen LogP contribution in [-0.2, 0) is 16.2 Å². The van der Waals surface area contributed by atoms with Gasteiger partial charge in [-0.15, -0.1) is 0 Å². The second kappa shape index (κ2) is 9.79. The summed E-state index contributed by atoms with van der Waals surface area (Å²) < 4.78 is 1.52. The average Bonchev–Trinajstić information content (AvgIpc) is 3.32. The van der Waals surface area contributed by atoms with Gasteiger partial charge >= 0.3 is 216 Å². The minimum absolute atomic E-state index is 0.140. The Bertz CT molecular complexity index is 1410. The van der Waals surface area contributed by atoms with E-state index in [9.17, 15) is 0 Å². The molecule has 1 aliphatic carbocycles. The predicted molar refractivity (Wildman–Crippen MR) is 151 cm³/mol. The van der Waals surface area contributed by atoms with E-state index in [0.717, 1.165) is 0 Å². The van der Waals surface area contributed by atoms with Crippen molar-refractivity contribution >= 4 is 31.2 Å². The zero-order valence-corrected chi connectivity index (χ0v) is 22.0. The molecule has 0 nitrogen and oxygen atoms in total. The van der Waals surface area contributed by atoms with Crippen molar-refractivity contribution in [3.63, 3.8) is 0 Å². The molecule has 6 rings (SSSR count). The third-order valence-electron chi connectivity index (χ3n) is 6.54. The molecule has 0 unspecified atom stereocenters. The molecule has 0 aromatic heterocycles. The number of hydrogen-bond donors (Lipinski definition) is 0. The van der Waals surface area contributed by atoms with Crippen molar-refractivity contribution in [1.29, 1.82) is 0 Å². The van der Waals surface area contributed by atoms with Gasteiger partial charge in [-0.25, -0.2) is 0 Å². The summed E-state index contributed by atoms with van der Waals surface area (Å²) in [7, 11) is 0. The Kier molecular flexibility index (Phi) is 6.22. The van der Waals surface area contributed by atoms with E-state index in [0.29, 0.717) is 0 Å². The second-order valence-corrected chi connectivity index (χ2v) is 18.0. The van der Waals surface area contributed by atoms with Crippen LogP contribution in [0.25, 0.3) is 5.57 Å². The van der Waals surface area contributed by atoms with E-state index in [1.165, 1.54) is 42.3 Å². The molecule has 2 heteroatoms. The van der Waals surface area contributed by atoms with Gasteiger partial charge in [-0.1, -0.05) is 0 Å². The maximum atomic E-state index is 2.49. The fraction of sp³-hybridized carbons (Fsp3) is 0. The molecular weight excluding hydrogens is 528 g/mol. The second-order valence-electron chi connectivity index (χ2n) is 8.63. The Morgan fingerprint density at radius 3 is 1.29 bits per heavy atom. The van der Waals surface area contributed by atoms with Crippen LogP contribution >= 0.6 is 5.59 Å². The molecule has 0 heterocycles. The Hall–Kier alpha value is -3.24. The molecule has 0 fully saturated rings. The van der Waals surface area contributed by atoms with Crippen LogP contribution in [0.3, 0.4) is 0 Å². The SMILES string of the molecule is C1=C(c2ccccc2)c2ccccc2[C]1=[Ru][PH](c1ccccc1)(c1ccccc1)c1ccccc1. The van der Waals surface area contributed by atoms with Crippen molar-refractivity contribution in [2.24, 2.45) is 0 Å². The molecule has 0 amide bonds. The first-order valence-corrected chi connectivity index (χ1v) is 17.2. The third kappa shape index (κ3) is 4.10. The number of allylic oxidation sites excluding steroid dienone is 1. The molecule has 0 bridgehead atoms. The standard InChI is InChI=1S/C18H15P.C15H10.Ru/c1-4-10-16(11-5-1)19(17-12-6-2-7-13-17)18-14-8-3-9-15-18;1-2-6-12(7-3-1)15-11-10-13-8-4-5-9-14(13)15;/h1-15H;1-9,11H;/q;;-1/p+1. The van der Waals surface area contributed by atoms with Crippen LogP contribution in [0.5, 0.6) is 0 Å². The summed E-state index contributed by atoms with van der Waals surface area (Å²) in [5.41, 5.74) is 3.13. The van der Waals surface area contributed by atoms with Gasteiger partial charge in [0.1, 0.15) is 0 Å². The number of benzene rings is 5. The molecule has 0 saturated carbocycles. The van der Waals surface area contributed by atoms with E-state index in [2.05, 4.69) is 152 Å². The molecule has 1 aliphatic rings. The van der Waals surface area contributed by atoms with Crippen LogP contribution in [0.2, 0.25) is 0 Å². The molecule has 0 radical (unpaired) electrons. The normalized spacial score (nSPS) is 14.6. The van der Waals surface area contributed by atoms with Crippen LogP contribution in [-0.4, -0.2) is 4.11 Å². The molecule has 0 saturated heterocycles. The van der Waals surface area contributed by atoms with Crippen LogP contribution in [0.15, 0.2) is 152 Å². The van der Waals surface area contributed by atoms with E-state index in [1.54, 1.807) is 0 Å². The molecular formula is C33H26PRu. The van der Waals surface area contributed by atoms with Crippen molar-refractivity contribution in [3.05, 3.63) is 168 Å². The monoisotopic (exact) mass is 555 g/mol. The summed E-state index contributed by atoms with van der Waals surface area (Å²) >= 11 is -0.140. The van der Waals surface area contributed by atoms with Crippen molar-refractivity contribution < 1.29 is 16.2 Å². The average molecular weight is 555 g/mol. The fourth-order valence-corrected chi connectivity index (χ4v) is 17.3. The van der Waals surface area contributed by atoms with E-state index in [1.807, 2.05) is 0 Å². The van der Waals surface area contributed by atoms with Crippen molar-refractivity contribution in [3.8, 4) is 0 Å². The van der Waals surface area contributed by atoms with Crippen LogP contribution in [0.4, 0.5) is 0 Å². The van der Waals surface area contributed by atoms with Gasteiger partial charge in [0.2, 0.25) is 0 Å². The van der Waals surface area contributed by atoms with Gasteiger partial charge in [0.25, 0.3) is 0 Å². The molecule has 0 spiro atoms. The minimum atomic E-state index is -2.28. The van der Waals surface area contributed by atoms with Crippen molar-refractivity contribution in [2.45, 2.75) is 0 Å². The molecule has 171 valence electrons. The van der Waals surface area contributed by atoms with Gasteiger partial charge in [0, 0.05) is 0 Å². The fourth-order valence-electron chi connectivity index (χ4n) is 4.92. The number of rotatable bonds is 5. The van der Waals surface area contributed by atoms with Gasteiger partial charge in [-0.2, -0.15) is 0 Å². The maximum absolute atomic E-state index is 2.49. The quantitative estimate of drug-likeness (QED) is 0.175. The van der Waals surface area contributed by atoms with E-state index in [4.69, 9.17) is 0 Å². The van der Waals surface area contributed by atoms with E-state index < -0.39 is 5.59 Å². The van der Waals surface area contributed by atoms with Gasteiger partial charge in [-0.05, 0) is 0 Å². The Labute approximate surface area is 215 Å². The molecule has 0 N–H and O–H groups in total. The molecule has 35 heavy (non-hydrogen) atoms. The predicted octanol–water partition coefficient (Wildman–Crippen LogP) is 6.38. The van der Waals surface area contributed by atoms with Gasteiger partial charge in [-0.3, -0.25) is 0 Å². The summed E-state index contributed by atoms with van der Waals surface area (Å²) in [6.45, 7) is 0. The third-order valence-corrected chi connectivity index (χ3v) is 18.9. The van der Waals surface area contributed by atoms with Crippen molar-refractivity contribution in [2.75, 3.05) is 0 Å². The Balaban J connectivity index is 1.68. The first kappa shape index (κ1) is 22.2. The zero-order valence-electron chi connectivity index (χ0n) is 19.3. The van der Waals surface area contributed by atoms with E-state index in [-0.39, 0.29) is 16.2 Å². The molecule has 5 aromatic rings. The molecule has 0 aliphatic heterocycles. The summed E-state index contributed by atoms with van der Waals surface area (Å²) in [4.78, 5) is 0. The van der Waals surface area contributed by atoms with Crippen LogP contribution in [0.1, 0.15) is 16.7 Å². The summed E-state index contributed by atoms with van der Waals surface area (Å²) in [5, 5.41) is 4.46. The first-order chi connectivity index (χ1) is 17.4. The first-order valence-electron chi connectivity index (χ1n) is 11.9. The zero-order chi connectivity index (χ0) is 23.5. The van der Waals surface area contributed by atoms with Crippen LogP contribution in [0, 0.1) is 0 Å². The van der Waals surface area contributed by atoms with Crippen molar-refractivity contribution in [1.82, 2.24) is 0 Å². The van der Waals surface area contributed by atoms with E-state index >= 15 is 0 Å².